The van der Waals surface area contributed by atoms with E-state index >= 15 is 0 Å². The second-order valence-corrected chi connectivity index (χ2v) is 5.34. The van der Waals surface area contributed by atoms with Crippen molar-refractivity contribution >= 4 is 0 Å². The van der Waals surface area contributed by atoms with Crippen molar-refractivity contribution in [2.24, 2.45) is 0 Å². The van der Waals surface area contributed by atoms with Crippen LogP contribution in [0.1, 0.15) is 31.7 Å². The summed E-state index contributed by atoms with van der Waals surface area (Å²) in [5, 5.41) is 3.52. The topological polar surface area (TPSA) is 39.7 Å². The third-order valence-corrected chi connectivity index (χ3v) is 3.34. The van der Waals surface area contributed by atoms with Crippen LogP contribution in [0.5, 0.6) is 5.75 Å². The molecule has 1 N–H and O–H groups in total. The fourth-order valence-corrected chi connectivity index (χ4v) is 2.01. The van der Waals surface area contributed by atoms with Gasteiger partial charge in [-0.05, 0) is 25.3 Å². The van der Waals surface area contributed by atoms with Crippen LogP contribution in [0.2, 0.25) is 0 Å². The zero-order chi connectivity index (χ0) is 14.8. The van der Waals surface area contributed by atoms with Crippen LogP contribution in [-0.2, 0) is 16.0 Å². The fourth-order valence-electron chi connectivity index (χ4n) is 2.01. The van der Waals surface area contributed by atoms with E-state index in [1.54, 1.807) is 0 Å². The van der Waals surface area contributed by atoms with E-state index in [-0.39, 0.29) is 0 Å². The molecule has 0 aromatic heterocycles. The van der Waals surface area contributed by atoms with Crippen LogP contribution in [0.25, 0.3) is 0 Å². The molecule has 0 unspecified atom stereocenters. The zero-order valence-corrected chi connectivity index (χ0v) is 13.0. The van der Waals surface area contributed by atoms with Gasteiger partial charge in [-0.3, -0.25) is 0 Å². The van der Waals surface area contributed by atoms with Crippen LogP contribution in [0.4, 0.5) is 0 Å². The predicted octanol–water partition coefficient (Wildman–Crippen LogP) is 2.76. The molecule has 1 aromatic rings. The molecule has 0 amide bonds. The van der Waals surface area contributed by atoms with Gasteiger partial charge in [-0.1, -0.05) is 25.1 Å². The molecular weight excluding hydrogens is 266 g/mol. The molecule has 1 aromatic carbocycles. The SMILES string of the molecule is CCCOCCOCCOc1ccccc1CNC1CC1. The molecule has 0 heterocycles. The van der Waals surface area contributed by atoms with Gasteiger partial charge in [0.25, 0.3) is 0 Å². The van der Waals surface area contributed by atoms with Crippen molar-refractivity contribution in [3.8, 4) is 5.75 Å². The van der Waals surface area contributed by atoms with Crippen LogP contribution >= 0.6 is 0 Å². The highest BCUT2D eigenvalue weighted by Crippen LogP contribution is 2.22. The lowest BCUT2D eigenvalue weighted by molar-refractivity contribution is 0.0365. The summed E-state index contributed by atoms with van der Waals surface area (Å²) in [7, 11) is 0. The van der Waals surface area contributed by atoms with Gasteiger partial charge in [-0.2, -0.15) is 0 Å². The van der Waals surface area contributed by atoms with E-state index in [1.165, 1.54) is 18.4 Å². The molecule has 0 atom stereocenters. The van der Waals surface area contributed by atoms with Gasteiger partial charge in [0.2, 0.25) is 0 Å². The first-order chi connectivity index (χ1) is 10.4. The van der Waals surface area contributed by atoms with Gasteiger partial charge in [0.15, 0.2) is 0 Å². The molecule has 1 aliphatic carbocycles. The largest absolute Gasteiger partial charge is 0.491 e. The highest BCUT2D eigenvalue weighted by atomic mass is 16.5. The van der Waals surface area contributed by atoms with Crippen molar-refractivity contribution in [1.82, 2.24) is 5.32 Å². The summed E-state index contributed by atoms with van der Waals surface area (Å²) in [6.07, 6.45) is 3.66. The maximum atomic E-state index is 5.81. The maximum Gasteiger partial charge on any atom is 0.123 e. The molecule has 1 aliphatic rings. The van der Waals surface area contributed by atoms with Gasteiger partial charge in [-0.15, -0.1) is 0 Å². The second-order valence-electron chi connectivity index (χ2n) is 5.34. The summed E-state index contributed by atoms with van der Waals surface area (Å²) in [4.78, 5) is 0. The Labute approximate surface area is 127 Å². The van der Waals surface area contributed by atoms with E-state index in [0.29, 0.717) is 32.5 Å². The number of para-hydroxylation sites is 1. The van der Waals surface area contributed by atoms with Crippen molar-refractivity contribution in [2.45, 2.75) is 38.8 Å². The van der Waals surface area contributed by atoms with Gasteiger partial charge in [0, 0.05) is 24.8 Å². The van der Waals surface area contributed by atoms with E-state index in [4.69, 9.17) is 14.2 Å². The van der Waals surface area contributed by atoms with Crippen LogP contribution in [0.15, 0.2) is 24.3 Å². The van der Waals surface area contributed by atoms with Gasteiger partial charge in [0.05, 0.1) is 19.8 Å². The number of nitrogens with one attached hydrogen (secondary N) is 1. The van der Waals surface area contributed by atoms with Crippen LogP contribution in [0, 0.1) is 0 Å². The predicted molar refractivity (Wildman–Crippen MR) is 83.7 cm³/mol. The molecule has 1 fully saturated rings. The molecule has 1 saturated carbocycles. The quantitative estimate of drug-likeness (QED) is 0.602. The van der Waals surface area contributed by atoms with Crippen molar-refractivity contribution < 1.29 is 14.2 Å². The van der Waals surface area contributed by atoms with E-state index < -0.39 is 0 Å². The number of hydrogen-bond acceptors (Lipinski definition) is 4. The highest BCUT2D eigenvalue weighted by molar-refractivity contribution is 5.33. The lowest BCUT2D eigenvalue weighted by Crippen LogP contribution is -2.17. The van der Waals surface area contributed by atoms with Crippen molar-refractivity contribution in [3.05, 3.63) is 29.8 Å². The first-order valence-electron chi connectivity index (χ1n) is 7.99. The summed E-state index contributed by atoms with van der Waals surface area (Å²) in [6.45, 7) is 6.26. The molecule has 21 heavy (non-hydrogen) atoms. The maximum absolute atomic E-state index is 5.81. The second kappa shape index (κ2) is 9.77. The van der Waals surface area contributed by atoms with Gasteiger partial charge >= 0.3 is 0 Å². The Hall–Kier alpha value is -1.10. The van der Waals surface area contributed by atoms with Crippen molar-refractivity contribution in [3.63, 3.8) is 0 Å². The van der Waals surface area contributed by atoms with Crippen molar-refractivity contribution in [2.75, 3.05) is 33.0 Å². The molecule has 118 valence electrons. The average Bonchev–Trinajstić information content (AvgIpc) is 3.33. The Morgan fingerprint density at radius 3 is 2.48 bits per heavy atom. The van der Waals surface area contributed by atoms with E-state index in [1.807, 2.05) is 12.1 Å². The fraction of sp³-hybridized carbons (Fsp3) is 0.647. The third kappa shape index (κ3) is 6.93. The van der Waals surface area contributed by atoms with E-state index in [0.717, 1.165) is 25.3 Å². The molecular formula is C17H27NO3. The van der Waals surface area contributed by atoms with Gasteiger partial charge in [0.1, 0.15) is 12.4 Å². The summed E-state index contributed by atoms with van der Waals surface area (Å²) in [6, 6.07) is 8.91. The summed E-state index contributed by atoms with van der Waals surface area (Å²) in [5.41, 5.74) is 1.22. The van der Waals surface area contributed by atoms with Crippen LogP contribution < -0.4 is 10.1 Å². The number of benzene rings is 1. The smallest absolute Gasteiger partial charge is 0.123 e. The van der Waals surface area contributed by atoms with E-state index in [9.17, 15) is 0 Å². The summed E-state index contributed by atoms with van der Waals surface area (Å²) < 4.78 is 16.6. The van der Waals surface area contributed by atoms with Gasteiger partial charge in [-0.25, -0.2) is 0 Å². The highest BCUT2D eigenvalue weighted by Gasteiger charge is 2.20. The lowest BCUT2D eigenvalue weighted by Gasteiger charge is -2.12. The van der Waals surface area contributed by atoms with Gasteiger partial charge < -0.3 is 19.5 Å². The molecule has 2 rings (SSSR count). The summed E-state index contributed by atoms with van der Waals surface area (Å²) >= 11 is 0. The Morgan fingerprint density at radius 2 is 1.71 bits per heavy atom. The molecule has 0 aliphatic heterocycles. The monoisotopic (exact) mass is 293 g/mol. The zero-order valence-electron chi connectivity index (χ0n) is 13.0. The molecule has 4 nitrogen and oxygen atoms in total. The Bertz CT molecular complexity index is 393. The minimum atomic E-state index is 0.578. The van der Waals surface area contributed by atoms with Crippen LogP contribution in [0.3, 0.4) is 0 Å². The minimum Gasteiger partial charge on any atom is -0.491 e. The average molecular weight is 293 g/mol. The molecule has 0 bridgehead atoms. The van der Waals surface area contributed by atoms with Crippen molar-refractivity contribution in [1.29, 1.82) is 0 Å². The standard InChI is InChI=1S/C17H27NO3/c1-2-9-19-10-11-20-12-13-21-17-6-4-3-5-15(17)14-18-16-7-8-16/h3-6,16,18H,2,7-14H2,1H3. The Balaban J connectivity index is 1.58. The first-order valence-corrected chi connectivity index (χ1v) is 7.99. The number of hydrogen-bond donors (Lipinski definition) is 1. The first kappa shape index (κ1) is 16.3. The van der Waals surface area contributed by atoms with E-state index in [2.05, 4.69) is 24.4 Å². The lowest BCUT2D eigenvalue weighted by atomic mass is 10.2. The normalized spacial score (nSPS) is 14.3. The van der Waals surface area contributed by atoms with Crippen LogP contribution in [-0.4, -0.2) is 39.1 Å². The molecule has 4 heteroatoms. The third-order valence-electron chi connectivity index (χ3n) is 3.34. The molecule has 0 saturated heterocycles. The number of rotatable bonds is 12. The number of ether oxygens (including phenoxy) is 3. The minimum absolute atomic E-state index is 0.578. The molecule has 0 spiro atoms. The Kier molecular flexibility index (Phi) is 7.57. The summed E-state index contributed by atoms with van der Waals surface area (Å²) in [5.74, 6) is 0.955. The molecule has 0 radical (unpaired) electrons. The Morgan fingerprint density at radius 1 is 1.00 bits per heavy atom.